The lowest BCUT2D eigenvalue weighted by Crippen LogP contribution is -2.28. The normalized spacial score (nSPS) is 17.5. The fourth-order valence-electron chi connectivity index (χ4n) is 7.89. The lowest BCUT2D eigenvalue weighted by atomic mass is 9.87. The summed E-state index contributed by atoms with van der Waals surface area (Å²) in [4.78, 5) is 56.8. The van der Waals surface area contributed by atoms with E-state index in [1.807, 2.05) is 38.1 Å². The fourth-order valence-corrected chi connectivity index (χ4v) is 14.4. The number of hydrogen-bond donors (Lipinski definition) is 0. The number of amides is 4. The van der Waals surface area contributed by atoms with Crippen LogP contribution in [0.2, 0.25) is 0 Å². The maximum Gasteiger partial charge on any atom is 0.293 e. The van der Waals surface area contributed by atoms with Crippen molar-refractivity contribution in [2.24, 2.45) is 0 Å². The highest BCUT2D eigenvalue weighted by Gasteiger charge is 2.35. The minimum Gasteiger partial charge on any atom is -0.269 e. The van der Waals surface area contributed by atoms with Gasteiger partial charge in [-0.25, -0.2) is 0 Å². The van der Waals surface area contributed by atoms with Crippen molar-refractivity contribution >= 4 is 133 Å². The van der Waals surface area contributed by atoms with Gasteiger partial charge in [0.2, 0.25) is 0 Å². The van der Waals surface area contributed by atoms with Crippen LogP contribution in [0, 0.1) is 27.7 Å². The van der Waals surface area contributed by atoms with E-state index in [1.54, 1.807) is 22.7 Å². The van der Waals surface area contributed by atoms with Crippen molar-refractivity contribution in [1.82, 2.24) is 9.80 Å². The van der Waals surface area contributed by atoms with E-state index in [2.05, 4.69) is 88.4 Å². The van der Waals surface area contributed by atoms with Gasteiger partial charge in [0, 0.05) is 72.3 Å². The smallest absolute Gasteiger partial charge is 0.269 e. The fraction of sp³-hybridized carbons (Fsp3) is 0.174. The molecule has 12 heteroatoms. The van der Waals surface area contributed by atoms with Crippen molar-refractivity contribution in [1.29, 1.82) is 0 Å². The molecule has 0 unspecified atom stereocenters. The van der Waals surface area contributed by atoms with E-state index in [0.29, 0.717) is 22.9 Å². The molecule has 3 aromatic carbocycles. The van der Waals surface area contributed by atoms with Crippen LogP contribution in [0.3, 0.4) is 0 Å². The number of thiophene rings is 4. The zero-order valence-corrected chi connectivity index (χ0v) is 37.4. The first kappa shape index (κ1) is 38.9. The highest BCUT2D eigenvalue weighted by Crippen LogP contribution is 2.52. The molecule has 0 radical (unpaired) electrons. The maximum absolute atomic E-state index is 13.0. The predicted molar refractivity (Wildman–Crippen MR) is 249 cm³/mol. The molecule has 9 rings (SSSR count). The second kappa shape index (κ2) is 15.2. The van der Waals surface area contributed by atoms with Gasteiger partial charge < -0.3 is 0 Å². The van der Waals surface area contributed by atoms with E-state index in [0.717, 1.165) is 51.4 Å². The Morgan fingerprint density at radius 1 is 0.500 bits per heavy atom. The standard InChI is InChI=1S/C46H36N2O4S6/c1-7-47-43(49)41(57-45(47)51)33-17-15-27(53-33)19-29-21-31-37(35-23(3)11-9-12-24(35)4)40-32(38(39(31)55-29)36-25(5)13-10-14-26(36)6)22-30(56-40)20-28-16-18-34(54-28)42-44(50)48(8-2)46(52)58-42/h9-22H,7-8H2,1-6H3/b27-19-,28-20-,41-33-,42-34-. The number of thioether (sulfide) groups is 2. The maximum atomic E-state index is 13.0. The van der Waals surface area contributed by atoms with E-state index in [-0.39, 0.29) is 22.3 Å². The van der Waals surface area contributed by atoms with Crippen molar-refractivity contribution in [3.63, 3.8) is 0 Å². The van der Waals surface area contributed by atoms with Crippen LogP contribution in [0.5, 0.6) is 0 Å². The van der Waals surface area contributed by atoms with Crippen LogP contribution >= 0.6 is 68.9 Å². The lowest BCUT2D eigenvalue weighted by Gasteiger charge is -2.18. The summed E-state index contributed by atoms with van der Waals surface area (Å²) in [5.41, 5.74) is 9.75. The Bertz CT molecular complexity index is 2890. The van der Waals surface area contributed by atoms with Crippen LogP contribution in [0.4, 0.5) is 9.59 Å². The molecule has 4 amide bonds. The molecule has 2 aliphatic heterocycles. The molecule has 290 valence electrons. The quantitative estimate of drug-likeness (QED) is 0.166. The summed E-state index contributed by atoms with van der Waals surface area (Å²) >= 11 is 8.68. The molecule has 7 aromatic rings. The number of hydrogen-bond acceptors (Lipinski definition) is 10. The Hall–Kier alpha value is -4.56. The summed E-state index contributed by atoms with van der Waals surface area (Å²) in [5.74, 6) is -0.441. The molecular weight excluding hydrogens is 837 g/mol. The Labute approximate surface area is 359 Å². The number of fused-ring (bicyclic) bond motifs is 2. The topological polar surface area (TPSA) is 74.8 Å². The summed E-state index contributed by atoms with van der Waals surface area (Å²) in [6.07, 6.45) is 4.40. The van der Waals surface area contributed by atoms with Crippen molar-refractivity contribution < 1.29 is 19.2 Å². The average molecular weight is 873 g/mol. The minimum atomic E-state index is -0.220. The number of carbonyl (C=O) groups excluding carboxylic acids is 4. The molecule has 0 saturated carbocycles. The summed E-state index contributed by atoms with van der Waals surface area (Å²) in [7, 11) is 0. The Kier molecular flexibility index (Phi) is 10.2. The van der Waals surface area contributed by atoms with Crippen LogP contribution in [-0.2, 0) is 9.59 Å². The third-order valence-corrected chi connectivity index (χ3v) is 17.1. The zero-order valence-electron chi connectivity index (χ0n) is 32.5. The molecule has 0 spiro atoms. The molecule has 2 aliphatic rings. The van der Waals surface area contributed by atoms with E-state index < -0.39 is 0 Å². The monoisotopic (exact) mass is 872 g/mol. The first-order valence-electron chi connectivity index (χ1n) is 18.8. The summed E-state index contributed by atoms with van der Waals surface area (Å²) in [6, 6.07) is 25.6. The number of benzene rings is 3. The van der Waals surface area contributed by atoms with Gasteiger partial charge in [0.1, 0.15) is 0 Å². The number of rotatable bonds is 6. The molecule has 0 N–H and O–H groups in total. The SMILES string of the molecule is CCN1C(=O)S/C(=c2/cc/c(=C/c3cc4c(-c5c(C)cccc5C)c5sc(/C=c6/cc/c(=C7/SC(=O)N(CC)C7=O)s6)cc5c(-c5c(C)cccc5C)c4s3)s2)C1=O. The Balaban J connectivity index is 1.30. The van der Waals surface area contributed by atoms with Gasteiger partial charge >= 0.3 is 0 Å². The van der Waals surface area contributed by atoms with E-state index >= 15 is 0 Å². The molecule has 0 bridgehead atoms. The van der Waals surface area contributed by atoms with Crippen molar-refractivity contribution in [2.75, 3.05) is 13.1 Å². The highest BCUT2D eigenvalue weighted by molar-refractivity contribution is 8.23. The van der Waals surface area contributed by atoms with Crippen LogP contribution in [0.15, 0.2) is 72.8 Å². The molecule has 0 atom stereocenters. The van der Waals surface area contributed by atoms with Crippen LogP contribution in [0.1, 0.15) is 45.9 Å². The summed E-state index contributed by atoms with van der Waals surface area (Å²) < 4.78 is 6.08. The molecule has 6 heterocycles. The second-order valence-electron chi connectivity index (χ2n) is 14.3. The van der Waals surface area contributed by atoms with Gasteiger partial charge in [0.15, 0.2) is 0 Å². The third kappa shape index (κ3) is 6.54. The minimum absolute atomic E-state index is 0.218. The third-order valence-electron chi connectivity index (χ3n) is 10.6. The first-order chi connectivity index (χ1) is 27.9. The van der Waals surface area contributed by atoms with Crippen LogP contribution in [0.25, 0.3) is 64.4 Å². The van der Waals surface area contributed by atoms with E-state index in [4.69, 9.17) is 0 Å². The highest BCUT2D eigenvalue weighted by atomic mass is 32.2. The zero-order chi connectivity index (χ0) is 40.6. The molecule has 2 fully saturated rings. The number of aryl methyl sites for hydroxylation is 4. The van der Waals surface area contributed by atoms with E-state index in [1.165, 1.54) is 97.2 Å². The summed E-state index contributed by atoms with van der Waals surface area (Å²) in [6.45, 7) is 13.1. The van der Waals surface area contributed by atoms with E-state index in [9.17, 15) is 19.2 Å². The van der Waals surface area contributed by atoms with Crippen molar-refractivity contribution in [3.8, 4) is 22.3 Å². The molecule has 2 saturated heterocycles. The molecular formula is C46H36N2O4S6. The number of nitrogens with zero attached hydrogens (tertiary/aromatic N) is 2. The van der Waals surface area contributed by atoms with Gasteiger partial charge in [-0.15, -0.1) is 45.3 Å². The lowest BCUT2D eigenvalue weighted by molar-refractivity contribution is -0.122. The van der Waals surface area contributed by atoms with Gasteiger partial charge in [-0.2, -0.15) is 0 Å². The molecule has 0 aliphatic carbocycles. The van der Waals surface area contributed by atoms with Gasteiger partial charge in [0.05, 0.1) is 9.81 Å². The molecule has 6 nitrogen and oxygen atoms in total. The van der Waals surface area contributed by atoms with Crippen molar-refractivity contribution in [2.45, 2.75) is 41.5 Å². The van der Waals surface area contributed by atoms with Crippen LogP contribution in [-0.4, -0.2) is 45.2 Å². The van der Waals surface area contributed by atoms with Gasteiger partial charge in [-0.1, -0.05) is 36.4 Å². The molecule has 4 aromatic heterocycles. The van der Waals surface area contributed by atoms with Gasteiger partial charge in [-0.3, -0.25) is 29.0 Å². The Morgan fingerprint density at radius 2 is 0.879 bits per heavy atom. The first-order valence-corrected chi connectivity index (χ1v) is 23.7. The molecule has 58 heavy (non-hydrogen) atoms. The number of carbonyl (C=O) groups is 4. The van der Waals surface area contributed by atoms with Gasteiger partial charge in [0.25, 0.3) is 22.3 Å². The number of imide groups is 2. The van der Waals surface area contributed by atoms with Crippen molar-refractivity contribution in [3.05, 3.63) is 123 Å². The summed E-state index contributed by atoms with van der Waals surface area (Å²) in [5, 5.41) is 1.95. The van der Waals surface area contributed by atoms with Gasteiger partial charge in [-0.05, 0) is 147 Å². The largest absolute Gasteiger partial charge is 0.293 e. The van der Waals surface area contributed by atoms with Crippen LogP contribution < -0.4 is 18.1 Å². The average Bonchev–Trinajstić information content (AvgIpc) is 4.05. The second-order valence-corrected chi connectivity index (χ2v) is 20.6. The Morgan fingerprint density at radius 3 is 1.22 bits per heavy atom. The predicted octanol–water partition coefficient (Wildman–Crippen LogP) is 10.1.